The molecule has 0 fully saturated rings. The molecule has 0 N–H and O–H groups in total. The van der Waals surface area contributed by atoms with Crippen molar-refractivity contribution in [2.45, 2.75) is 45.4 Å². The van der Waals surface area contributed by atoms with Crippen molar-refractivity contribution in [2.24, 2.45) is 0 Å². The van der Waals surface area contributed by atoms with E-state index in [0.29, 0.717) is 0 Å². The minimum Gasteiger partial charge on any atom is -0.310 e. The van der Waals surface area contributed by atoms with E-state index < -0.39 is 0 Å². The van der Waals surface area contributed by atoms with Crippen LogP contribution in [-0.4, -0.2) is 0 Å². The summed E-state index contributed by atoms with van der Waals surface area (Å²) in [4.78, 5) is 2.37. The number of para-hydroxylation sites is 2. The predicted octanol–water partition coefficient (Wildman–Crippen LogP) is 11.7. The highest BCUT2D eigenvalue weighted by Crippen LogP contribution is 2.55. The lowest BCUT2D eigenvalue weighted by atomic mass is 9.80. The summed E-state index contributed by atoms with van der Waals surface area (Å²) >= 11 is 0. The minimum atomic E-state index is -0.121. The number of benzene rings is 7. The lowest BCUT2D eigenvalue weighted by Crippen LogP contribution is -2.16. The highest BCUT2D eigenvalue weighted by Gasteiger charge is 2.38. The molecule has 0 aromatic heterocycles. The van der Waals surface area contributed by atoms with Gasteiger partial charge in [0.05, 0.1) is 0 Å². The summed E-state index contributed by atoms with van der Waals surface area (Å²) in [5.74, 6) is 0. The van der Waals surface area contributed by atoms with E-state index in [1.165, 1.54) is 65.8 Å². The van der Waals surface area contributed by atoms with Crippen LogP contribution in [0.3, 0.4) is 0 Å². The predicted molar refractivity (Wildman–Crippen MR) is 181 cm³/mol. The molecule has 7 aromatic rings. The van der Waals surface area contributed by atoms with Gasteiger partial charge in [-0.05, 0) is 108 Å². The van der Waals surface area contributed by atoms with Crippen molar-refractivity contribution >= 4 is 49.4 Å². The number of hydrogen-bond acceptors (Lipinski definition) is 1. The second-order valence-electron chi connectivity index (χ2n) is 13.5. The number of nitrogens with zero attached hydrogens (tertiary/aromatic N) is 1. The average molecular weight is 542 g/mol. The molecule has 1 nitrogen and oxygen atoms in total. The summed E-state index contributed by atoms with van der Waals surface area (Å²) in [7, 11) is 0. The Morgan fingerprint density at radius 1 is 0.524 bits per heavy atom. The summed E-state index contributed by atoms with van der Waals surface area (Å²) in [6.07, 6.45) is 0. The monoisotopic (exact) mass is 541 g/mol. The molecule has 42 heavy (non-hydrogen) atoms. The average Bonchev–Trinajstić information content (AvgIpc) is 3.22. The standard InChI is InChI=1S/C41H35N/c1-40(2,3)29-22-26-16-17-28-24-36-39(34-20-18-27(23-29)37(26)38(28)34)33-21-19-32(25-35(33)41(36,4)5)42(30-12-8-6-9-13-30)31-14-10-7-11-15-31/h6-25H,1-5H3. The van der Waals surface area contributed by atoms with Gasteiger partial charge in [-0.25, -0.2) is 0 Å². The molecule has 1 aliphatic carbocycles. The molecule has 0 bridgehead atoms. The van der Waals surface area contributed by atoms with Crippen LogP contribution in [0.1, 0.15) is 51.3 Å². The number of anilines is 3. The first-order valence-corrected chi connectivity index (χ1v) is 15.0. The number of fused-ring (bicyclic) bond motifs is 4. The van der Waals surface area contributed by atoms with Gasteiger partial charge in [0.15, 0.2) is 0 Å². The molecule has 0 radical (unpaired) electrons. The summed E-state index contributed by atoms with van der Waals surface area (Å²) in [6, 6.07) is 45.2. The Morgan fingerprint density at radius 3 is 1.69 bits per heavy atom. The van der Waals surface area contributed by atoms with Gasteiger partial charge in [-0.1, -0.05) is 113 Å². The van der Waals surface area contributed by atoms with Gasteiger partial charge in [-0.2, -0.15) is 0 Å². The SMILES string of the molecule is CC(C)(C)c1cc2ccc3cc4c(c5ccc(c1)c2c35)-c1ccc(N(c2ccccc2)c2ccccc2)cc1C4(C)C. The van der Waals surface area contributed by atoms with Gasteiger partial charge >= 0.3 is 0 Å². The minimum absolute atomic E-state index is 0.111. The summed E-state index contributed by atoms with van der Waals surface area (Å²) < 4.78 is 0. The third-order valence-corrected chi connectivity index (χ3v) is 9.49. The van der Waals surface area contributed by atoms with Crippen LogP contribution in [0, 0.1) is 0 Å². The quantitative estimate of drug-likeness (QED) is 0.201. The van der Waals surface area contributed by atoms with E-state index in [1.807, 2.05) is 0 Å². The zero-order valence-electron chi connectivity index (χ0n) is 25.0. The normalized spacial score (nSPS) is 14.0. The topological polar surface area (TPSA) is 3.24 Å². The molecule has 0 spiro atoms. The maximum Gasteiger partial charge on any atom is 0.0465 e. The summed E-state index contributed by atoms with van der Waals surface area (Å²) in [5.41, 5.74) is 10.4. The van der Waals surface area contributed by atoms with Crippen LogP contribution in [0.4, 0.5) is 17.1 Å². The van der Waals surface area contributed by atoms with E-state index in [4.69, 9.17) is 0 Å². The molecule has 0 aliphatic heterocycles. The fourth-order valence-corrected chi connectivity index (χ4v) is 7.26. The molecule has 0 heterocycles. The van der Waals surface area contributed by atoms with Gasteiger partial charge in [-0.15, -0.1) is 0 Å². The van der Waals surface area contributed by atoms with Crippen LogP contribution in [0.15, 0.2) is 121 Å². The second-order valence-corrected chi connectivity index (χ2v) is 13.5. The lowest BCUT2D eigenvalue weighted by molar-refractivity contribution is 0.591. The fraction of sp³-hybridized carbons (Fsp3) is 0.171. The Kier molecular flexibility index (Phi) is 5.20. The maximum absolute atomic E-state index is 2.47. The van der Waals surface area contributed by atoms with E-state index in [9.17, 15) is 0 Å². The zero-order valence-corrected chi connectivity index (χ0v) is 25.0. The smallest absolute Gasteiger partial charge is 0.0465 e. The zero-order chi connectivity index (χ0) is 28.8. The van der Waals surface area contributed by atoms with Gasteiger partial charge in [-0.3, -0.25) is 0 Å². The molecule has 0 saturated carbocycles. The van der Waals surface area contributed by atoms with Crippen LogP contribution in [-0.2, 0) is 10.8 Å². The van der Waals surface area contributed by atoms with E-state index in [1.54, 1.807) is 0 Å². The number of hydrogen-bond donors (Lipinski definition) is 0. The van der Waals surface area contributed by atoms with Crippen molar-refractivity contribution in [3.05, 3.63) is 138 Å². The van der Waals surface area contributed by atoms with Gasteiger partial charge in [0.1, 0.15) is 0 Å². The van der Waals surface area contributed by atoms with Crippen molar-refractivity contribution in [2.75, 3.05) is 4.90 Å². The molecule has 1 heteroatoms. The highest BCUT2D eigenvalue weighted by atomic mass is 15.1. The molecular weight excluding hydrogens is 506 g/mol. The molecule has 0 atom stereocenters. The molecule has 7 aromatic carbocycles. The van der Waals surface area contributed by atoms with Crippen molar-refractivity contribution in [3.63, 3.8) is 0 Å². The van der Waals surface area contributed by atoms with Crippen LogP contribution in [0.25, 0.3) is 43.4 Å². The van der Waals surface area contributed by atoms with Crippen molar-refractivity contribution < 1.29 is 0 Å². The molecule has 0 amide bonds. The molecule has 0 saturated heterocycles. The van der Waals surface area contributed by atoms with E-state index in [-0.39, 0.29) is 10.8 Å². The Bertz CT molecular complexity index is 2070. The van der Waals surface area contributed by atoms with Gasteiger partial charge in [0.25, 0.3) is 0 Å². The Hall–Kier alpha value is -4.62. The molecule has 0 unspecified atom stereocenters. The molecule has 8 rings (SSSR count). The van der Waals surface area contributed by atoms with Crippen LogP contribution in [0.2, 0.25) is 0 Å². The molecule has 1 aliphatic rings. The van der Waals surface area contributed by atoms with Crippen molar-refractivity contribution in [3.8, 4) is 11.1 Å². The van der Waals surface area contributed by atoms with E-state index >= 15 is 0 Å². The number of rotatable bonds is 3. The summed E-state index contributed by atoms with van der Waals surface area (Å²) in [5, 5.41) is 8.16. The van der Waals surface area contributed by atoms with Crippen molar-refractivity contribution in [1.82, 2.24) is 0 Å². The highest BCUT2D eigenvalue weighted by molar-refractivity contribution is 6.26. The first kappa shape index (κ1) is 25.1. The van der Waals surface area contributed by atoms with Crippen LogP contribution < -0.4 is 4.90 Å². The van der Waals surface area contributed by atoms with Gasteiger partial charge in [0.2, 0.25) is 0 Å². The van der Waals surface area contributed by atoms with E-state index in [0.717, 1.165) is 11.4 Å². The van der Waals surface area contributed by atoms with Crippen LogP contribution in [0.5, 0.6) is 0 Å². The fourth-order valence-electron chi connectivity index (χ4n) is 7.26. The second kappa shape index (κ2) is 8.69. The van der Waals surface area contributed by atoms with Crippen molar-refractivity contribution in [1.29, 1.82) is 0 Å². The third-order valence-electron chi connectivity index (χ3n) is 9.49. The first-order valence-electron chi connectivity index (χ1n) is 15.0. The lowest BCUT2D eigenvalue weighted by Gasteiger charge is -2.28. The molecular formula is C41H35N. The van der Waals surface area contributed by atoms with Gasteiger partial charge < -0.3 is 4.90 Å². The van der Waals surface area contributed by atoms with E-state index in [2.05, 4.69) is 161 Å². The van der Waals surface area contributed by atoms with Gasteiger partial charge in [0, 0.05) is 22.5 Å². The Balaban J connectivity index is 1.37. The first-order chi connectivity index (χ1) is 20.2. The third kappa shape index (κ3) is 3.56. The Morgan fingerprint density at radius 2 is 1.10 bits per heavy atom. The Labute approximate surface area is 248 Å². The van der Waals surface area contributed by atoms with Crippen LogP contribution >= 0.6 is 0 Å². The molecule has 204 valence electrons. The largest absolute Gasteiger partial charge is 0.310 e. The maximum atomic E-state index is 2.47. The summed E-state index contributed by atoms with van der Waals surface area (Å²) in [6.45, 7) is 11.7.